The third-order valence-electron chi connectivity index (χ3n) is 9.09. The van der Waals surface area contributed by atoms with E-state index in [0.717, 1.165) is 59.4 Å². The van der Waals surface area contributed by atoms with Crippen LogP contribution in [0.2, 0.25) is 0 Å². The van der Waals surface area contributed by atoms with E-state index in [0.29, 0.717) is 39.3 Å². The second-order valence-corrected chi connectivity index (χ2v) is 13.8. The number of piperidine rings is 1. The van der Waals surface area contributed by atoms with Gasteiger partial charge in [-0.15, -0.1) is 0 Å². The Hall–Kier alpha value is -3.37. The van der Waals surface area contributed by atoms with Crippen LogP contribution < -0.4 is 10.3 Å². The van der Waals surface area contributed by atoms with Gasteiger partial charge in [0.15, 0.2) is 0 Å². The molecule has 0 N–H and O–H groups in total. The lowest BCUT2D eigenvalue weighted by Crippen LogP contribution is -2.51. The van der Waals surface area contributed by atoms with Crippen LogP contribution in [0.3, 0.4) is 0 Å². The Kier molecular flexibility index (Phi) is 11.9. The Labute approximate surface area is 273 Å². The maximum atomic E-state index is 14.8. The van der Waals surface area contributed by atoms with Crippen molar-refractivity contribution in [2.75, 3.05) is 47.1 Å². The molecule has 10 heteroatoms. The predicted molar refractivity (Wildman–Crippen MR) is 177 cm³/mol. The second kappa shape index (κ2) is 15.5. The van der Waals surface area contributed by atoms with Crippen LogP contribution in [0.4, 0.5) is 4.79 Å². The van der Waals surface area contributed by atoms with Gasteiger partial charge in [-0.2, -0.15) is 0 Å². The van der Waals surface area contributed by atoms with Gasteiger partial charge in [-0.3, -0.25) is 9.59 Å². The maximum Gasteiger partial charge on any atom is 0.410 e. The number of carbonyl (C=O) groups excluding carboxylic acids is 2. The van der Waals surface area contributed by atoms with Crippen molar-refractivity contribution in [3.63, 3.8) is 0 Å². The highest BCUT2D eigenvalue weighted by Gasteiger charge is 2.44. The zero-order valence-electron chi connectivity index (χ0n) is 29.0. The first-order chi connectivity index (χ1) is 21.8. The van der Waals surface area contributed by atoms with Gasteiger partial charge in [0.1, 0.15) is 18.0 Å². The minimum atomic E-state index is -0.649. The fraction of sp³-hybridized carbons (Fsp3) is 0.639. The number of pyridine rings is 1. The molecule has 4 rings (SSSR count). The van der Waals surface area contributed by atoms with Crippen molar-refractivity contribution in [1.82, 2.24) is 14.4 Å². The molecule has 0 spiro atoms. The van der Waals surface area contributed by atoms with E-state index in [9.17, 15) is 14.4 Å². The van der Waals surface area contributed by atoms with E-state index in [1.165, 1.54) is 0 Å². The summed E-state index contributed by atoms with van der Waals surface area (Å²) in [7, 11) is 5.12. The summed E-state index contributed by atoms with van der Waals surface area (Å²) in [5.74, 6) is 0.0379. The first-order valence-electron chi connectivity index (χ1n) is 16.5. The molecule has 46 heavy (non-hydrogen) atoms. The largest absolute Gasteiger partial charge is 0.491 e. The summed E-state index contributed by atoms with van der Waals surface area (Å²) in [5.41, 5.74) is 4.17. The van der Waals surface area contributed by atoms with E-state index in [1.54, 1.807) is 36.8 Å². The van der Waals surface area contributed by atoms with E-state index >= 15 is 0 Å². The highest BCUT2D eigenvalue weighted by molar-refractivity contribution is 5.82. The SMILES string of the molecule is COCCCc1cc(CN(C(=O)[C@@H]2CN(C(=O)OC(C)(C)C)CC[C@H]2c2cc(=O)n(C)c(C)c2C)C2CC2)cc(OCCOC)c1. The Morgan fingerprint density at radius 1 is 0.957 bits per heavy atom. The first kappa shape index (κ1) is 35.5. The molecule has 1 saturated carbocycles. The standard InChI is InChI=1S/C36H53N3O7/c1-24-25(2)37(6)33(40)21-31(24)30-13-14-38(35(42)46-36(3,4)5)23-32(30)34(41)39(28-11-12-28)22-27-18-26(10-9-15-43-7)19-29(20-27)45-17-16-44-8/h18-21,28,30,32H,9-17,22-23H2,1-8H3/t30-,32+/m0/s1. The molecule has 2 aliphatic rings. The molecule has 10 nitrogen and oxygen atoms in total. The van der Waals surface area contributed by atoms with Crippen LogP contribution in [0.1, 0.15) is 80.3 Å². The second-order valence-electron chi connectivity index (χ2n) is 13.8. The molecule has 1 saturated heterocycles. The zero-order valence-corrected chi connectivity index (χ0v) is 29.0. The van der Waals surface area contributed by atoms with Gasteiger partial charge in [-0.25, -0.2) is 4.79 Å². The van der Waals surface area contributed by atoms with Gasteiger partial charge in [0.2, 0.25) is 5.91 Å². The molecular formula is C36H53N3O7. The lowest BCUT2D eigenvalue weighted by atomic mass is 9.78. The molecule has 2 amide bonds. The third-order valence-corrected chi connectivity index (χ3v) is 9.09. The maximum absolute atomic E-state index is 14.8. The Balaban J connectivity index is 1.68. The normalized spacial score (nSPS) is 18.4. The van der Waals surface area contributed by atoms with Crippen LogP contribution in [0.25, 0.3) is 0 Å². The summed E-state index contributed by atoms with van der Waals surface area (Å²) in [6.45, 7) is 12.2. The molecule has 0 unspecified atom stereocenters. The number of amides is 2. The van der Waals surface area contributed by atoms with Crippen molar-refractivity contribution in [3.8, 4) is 5.75 Å². The molecule has 1 aromatic carbocycles. The fourth-order valence-corrected chi connectivity index (χ4v) is 6.31. The number of methoxy groups -OCH3 is 2. The van der Waals surface area contributed by atoms with Crippen LogP contribution in [-0.4, -0.2) is 85.1 Å². The Bertz CT molecular complexity index is 1400. The van der Waals surface area contributed by atoms with Crippen LogP contribution in [0.5, 0.6) is 5.75 Å². The van der Waals surface area contributed by atoms with Crippen molar-refractivity contribution in [2.45, 2.75) is 90.8 Å². The highest BCUT2D eigenvalue weighted by atomic mass is 16.6. The van der Waals surface area contributed by atoms with Gasteiger partial charge in [-0.1, -0.05) is 6.07 Å². The first-order valence-corrected chi connectivity index (χ1v) is 16.5. The molecule has 2 fully saturated rings. The van der Waals surface area contributed by atoms with Crippen molar-refractivity contribution in [3.05, 3.63) is 62.6 Å². The number of benzene rings is 1. The number of carbonyl (C=O) groups is 2. The number of hydrogen-bond acceptors (Lipinski definition) is 7. The molecule has 0 bridgehead atoms. The summed E-state index contributed by atoms with van der Waals surface area (Å²) in [5, 5.41) is 0. The van der Waals surface area contributed by atoms with Crippen molar-refractivity contribution in [1.29, 1.82) is 0 Å². The summed E-state index contributed by atoms with van der Waals surface area (Å²) in [6.07, 6.45) is 3.73. The summed E-state index contributed by atoms with van der Waals surface area (Å²) >= 11 is 0. The van der Waals surface area contributed by atoms with Crippen LogP contribution in [0.15, 0.2) is 29.1 Å². The van der Waals surface area contributed by atoms with E-state index in [1.807, 2.05) is 45.6 Å². The zero-order chi connectivity index (χ0) is 33.6. The Morgan fingerprint density at radius 3 is 2.30 bits per heavy atom. The number of nitrogens with zero attached hydrogens (tertiary/aromatic N) is 3. The summed E-state index contributed by atoms with van der Waals surface area (Å²) in [4.78, 5) is 44.6. The summed E-state index contributed by atoms with van der Waals surface area (Å²) < 4.78 is 23.8. The lowest BCUT2D eigenvalue weighted by molar-refractivity contribution is -0.139. The average Bonchev–Trinajstić information content (AvgIpc) is 3.85. The topological polar surface area (TPSA) is 99.5 Å². The smallest absolute Gasteiger partial charge is 0.410 e. The van der Waals surface area contributed by atoms with Crippen molar-refractivity contribution < 1.29 is 28.5 Å². The quantitative estimate of drug-likeness (QED) is 0.280. The predicted octanol–water partition coefficient (Wildman–Crippen LogP) is 5.14. The number of aryl methyl sites for hydroxylation is 1. The highest BCUT2D eigenvalue weighted by Crippen LogP contribution is 2.39. The molecule has 254 valence electrons. The molecule has 1 aromatic heterocycles. The van der Waals surface area contributed by atoms with Gasteiger partial charge < -0.3 is 33.3 Å². The fourth-order valence-electron chi connectivity index (χ4n) is 6.31. The molecule has 1 aliphatic carbocycles. The molecule has 2 heterocycles. The van der Waals surface area contributed by atoms with Gasteiger partial charge in [0.25, 0.3) is 5.56 Å². The monoisotopic (exact) mass is 639 g/mol. The van der Waals surface area contributed by atoms with Gasteiger partial charge in [0.05, 0.1) is 12.5 Å². The van der Waals surface area contributed by atoms with Gasteiger partial charge in [-0.05, 0) is 107 Å². The van der Waals surface area contributed by atoms with Gasteiger partial charge in [0, 0.05) is 65.3 Å². The van der Waals surface area contributed by atoms with Crippen LogP contribution >= 0.6 is 0 Å². The van der Waals surface area contributed by atoms with E-state index in [4.69, 9.17) is 18.9 Å². The molecule has 1 aliphatic heterocycles. The van der Waals surface area contributed by atoms with E-state index < -0.39 is 17.6 Å². The number of rotatable bonds is 13. The third kappa shape index (κ3) is 9.12. The molecule has 2 aromatic rings. The molecule has 0 radical (unpaired) electrons. The minimum Gasteiger partial charge on any atom is -0.491 e. The minimum absolute atomic E-state index is 0.00475. The van der Waals surface area contributed by atoms with E-state index in [-0.39, 0.29) is 30.0 Å². The van der Waals surface area contributed by atoms with Crippen molar-refractivity contribution in [2.24, 2.45) is 13.0 Å². The van der Waals surface area contributed by atoms with Crippen LogP contribution in [-0.2, 0) is 39.0 Å². The van der Waals surface area contributed by atoms with Crippen molar-refractivity contribution >= 4 is 12.0 Å². The average molecular weight is 640 g/mol. The Morgan fingerprint density at radius 2 is 1.65 bits per heavy atom. The van der Waals surface area contributed by atoms with Gasteiger partial charge >= 0.3 is 6.09 Å². The molecule has 2 atom stereocenters. The number of ether oxygens (including phenoxy) is 4. The number of aromatic nitrogens is 1. The lowest BCUT2D eigenvalue weighted by Gasteiger charge is -2.41. The number of likely N-dealkylation sites (tertiary alicyclic amines) is 1. The molecular weight excluding hydrogens is 586 g/mol. The van der Waals surface area contributed by atoms with Crippen LogP contribution in [0, 0.1) is 19.8 Å². The number of hydrogen-bond donors (Lipinski definition) is 0. The summed E-state index contributed by atoms with van der Waals surface area (Å²) in [6, 6.07) is 8.03. The van der Waals surface area contributed by atoms with E-state index in [2.05, 4.69) is 12.1 Å².